The Kier molecular flexibility index (Phi) is 3.60. The van der Waals surface area contributed by atoms with Gasteiger partial charge in [0.1, 0.15) is 0 Å². The molecule has 0 spiro atoms. The molecule has 0 saturated carbocycles. The molecule has 0 fully saturated rings. The fourth-order valence-electron chi connectivity index (χ4n) is 2.39. The number of halogens is 1. The van der Waals surface area contributed by atoms with Crippen LogP contribution in [0.25, 0.3) is 11.3 Å². The van der Waals surface area contributed by atoms with Crippen molar-refractivity contribution < 1.29 is 9.53 Å². The van der Waals surface area contributed by atoms with Crippen LogP contribution in [0.1, 0.15) is 23.0 Å². The van der Waals surface area contributed by atoms with Gasteiger partial charge in [0, 0.05) is 33.3 Å². The van der Waals surface area contributed by atoms with Crippen LogP contribution in [0, 0.1) is 0 Å². The number of benzene rings is 1. The lowest BCUT2D eigenvalue weighted by atomic mass is 10.1. The second-order valence-electron chi connectivity index (χ2n) is 4.43. The number of carbonyl (C=O) groups is 1. The summed E-state index contributed by atoms with van der Waals surface area (Å²) in [5.74, 6) is 0.385. The molecule has 0 saturated heterocycles. The van der Waals surface area contributed by atoms with E-state index in [1.807, 2.05) is 19.2 Å². The molecule has 0 N–H and O–H groups in total. The molecule has 0 atom stereocenters. The maximum atomic E-state index is 12.0. The molecule has 6 heteroatoms. The maximum absolute atomic E-state index is 12.0. The van der Waals surface area contributed by atoms with E-state index < -0.39 is 0 Å². The van der Waals surface area contributed by atoms with Crippen LogP contribution in [-0.2, 0) is 17.5 Å². The summed E-state index contributed by atoms with van der Waals surface area (Å²) in [4.78, 5) is 13.2. The van der Waals surface area contributed by atoms with Gasteiger partial charge in [-0.3, -0.25) is 4.68 Å². The van der Waals surface area contributed by atoms with Crippen molar-refractivity contribution in [3.05, 3.63) is 33.9 Å². The first kappa shape index (κ1) is 13.7. The number of hydrogen-bond donors (Lipinski definition) is 0. The summed E-state index contributed by atoms with van der Waals surface area (Å²) in [6.45, 7) is 2.16. The molecule has 0 radical (unpaired) electrons. The quantitative estimate of drug-likeness (QED) is 0.774. The molecule has 2 aromatic rings. The van der Waals surface area contributed by atoms with Crippen molar-refractivity contribution in [2.45, 2.75) is 17.6 Å². The number of rotatable bonds is 2. The lowest BCUT2D eigenvalue weighted by Gasteiger charge is -2.18. The van der Waals surface area contributed by atoms with E-state index >= 15 is 0 Å². The molecule has 1 aromatic carbocycles. The van der Waals surface area contributed by atoms with Crippen molar-refractivity contribution in [1.29, 1.82) is 0 Å². The number of thioether (sulfide) groups is 1. The van der Waals surface area contributed by atoms with E-state index in [0.29, 0.717) is 12.3 Å². The molecule has 1 aliphatic rings. The van der Waals surface area contributed by atoms with Gasteiger partial charge in [0.2, 0.25) is 0 Å². The van der Waals surface area contributed by atoms with E-state index in [1.54, 1.807) is 23.4 Å². The van der Waals surface area contributed by atoms with Gasteiger partial charge in [-0.05, 0) is 28.9 Å². The molecule has 3 rings (SSSR count). The summed E-state index contributed by atoms with van der Waals surface area (Å²) >= 11 is 5.29. The fourth-order valence-corrected chi connectivity index (χ4v) is 4.19. The first-order valence-electron chi connectivity index (χ1n) is 6.28. The highest BCUT2D eigenvalue weighted by atomic mass is 79.9. The lowest BCUT2D eigenvalue weighted by molar-refractivity contribution is 0.0517. The van der Waals surface area contributed by atoms with Crippen LogP contribution in [0.5, 0.6) is 0 Å². The highest BCUT2D eigenvalue weighted by Gasteiger charge is 2.29. The predicted octanol–water partition coefficient (Wildman–Crippen LogP) is 3.63. The van der Waals surface area contributed by atoms with Crippen molar-refractivity contribution in [1.82, 2.24) is 9.78 Å². The molecular weight excluding hydrogens is 340 g/mol. The first-order valence-corrected chi connectivity index (χ1v) is 8.06. The summed E-state index contributed by atoms with van der Waals surface area (Å²) in [6, 6.07) is 6.08. The van der Waals surface area contributed by atoms with E-state index in [1.165, 1.54) is 4.90 Å². The lowest BCUT2D eigenvalue weighted by Crippen LogP contribution is -2.08. The van der Waals surface area contributed by atoms with Crippen LogP contribution in [-0.4, -0.2) is 22.4 Å². The molecule has 4 nitrogen and oxygen atoms in total. The summed E-state index contributed by atoms with van der Waals surface area (Å²) in [7, 11) is 1.86. The zero-order valence-corrected chi connectivity index (χ0v) is 13.5. The highest BCUT2D eigenvalue weighted by Crippen LogP contribution is 2.45. The first-order chi connectivity index (χ1) is 9.63. The number of ether oxygens (including phenoxy) is 1. The number of fused-ring (bicyclic) bond motifs is 3. The summed E-state index contributed by atoms with van der Waals surface area (Å²) in [5, 5.41) is 4.35. The largest absolute Gasteiger partial charge is 0.461 e. The van der Waals surface area contributed by atoms with Crippen LogP contribution in [0.2, 0.25) is 0 Å². The second-order valence-corrected chi connectivity index (χ2v) is 6.26. The van der Waals surface area contributed by atoms with Gasteiger partial charge in [-0.25, -0.2) is 4.79 Å². The molecule has 1 aliphatic heterocycles. The molecule has 0 bridgehead atoms. The van der Waals surface area contributed by atoms with Gasteiger partial charge in [-0.15, -0.1) is 11.8 Å². The van der Waals surface area contributed by atoms with Crippen molar-refractivity contribution in [2.75, 3.05) is 6.61 Å². The Labute approximate surface area is 129 Å². The van der Waals surface area contributed by atoms with Crippen LogP contribution < -0.4 is 0 Å². The van der Waals surface area contributed by atoms with Crippen LogP contribution in [0.3, 0.4) is 0 Å². The van der Waals surface area contributed by atoms with Gasteiger partial charge in [0.25, 0.3) is 0 Å². The van der Waals surface area contributed by atoms with E-state index in [0.717, 1.165) is 27.0 Å². The summed E-state index contributed by atoms with van der Waals surface area (Å²) < 4.78 is 7.93. The standard InChI is InChI=1S/C14H13BrN2O2S/c1-3-19-14(18)11-9-7-20-13-8(5-4-6-10(13)15)12(9)17(2)16-11/h4-6H,3,7H2,1-2H3. The van der Waals surface area contributed by atoms with Gasteiger partial charge >= 0.3 is 5.97 Å². The molecule has 0 unspecified atom stereocenters. The predicted molar refractivity (Wildman–Crippen MR) is 81.9 cm³/mol. The van der Waals surface area contributed by atoms with E-state index in [4.69, 9.17) is 4.74 Å². The average Bonchev–Trinajstić information content (AvgIpc) is 2.77. The van der Waals surface area contributed by atoms with Gasteiger partial charge in [-0.2, -0.15) is 5.10 Å². The van der Waals surface area contributed by atoms with Gasteiger partial charge in [0.05, 0.1) is 12.3 Å². The van der Waals surface area contributed by atoms with Gasteiger partial charge < -0.3 is 4.74 Å². The molecular formula is C14H13BrN2O2S. The number of nitrogens with zero attached hydrogens (tertiary/aromatic N) is 2. The number of aromatic nitrogens is 2. The Morgan fingerprint density at radius 2 is 2.35 bits per heavy atom. The fraction of sp³-hybridized carbons (Fsp3) is 0.286. The normalized spacial score (nSPS) is 12.8. The van der Waals surface area contributed by atoms with Crippen LogP contribution >= 0.6 is 27.7 Å². The monoisotopic (exact) mass is 352 g/mol. The van der Waals surface area contributed by atoms with Crippen molar-refractivity contribution in [2.24, 2.45) is 7.05 Å². The Morgan fingerprint density at radius 3 is 3.10 bits per heavy atom. The van der Waals surface area contributed by atoms with Gasteiger partial charge in [-0.1, -0.05) is 12.1 Å². The van der Waals surface area contributed by atoms with Crippen molar-refractivity contribution in [3.63, 3.8) is 0 Å². The third kappa shape index (κ3) is 2.07. The maximum Gasteiger partial charge on any atom is 0.359 e. The minimum absolute atomic E-state index is 0.344. The Hall–Kier alpha value is -1.27. The van der Waals surface area contributed by atoms with Crippen molar-refractivity contribution in [3.8, 4) is 11.3 Å². The van der Waals surface area contributed by atoms with E-state index in [9.17, 15) is 4.79 Å². The van der Waals surface area contributed by atoms with Crippen LogP contribution in [0.15, 0.2) is 27.6 Å². The minimum atomic E-state index is -0.344. The molecule has 0 amide bonds. The Bertz CT molecular complexity index is 697. The molecule has 20 heavy (non-hydrogen) atoms. The van der Waals surface area contributed by atoms with Crippen LogP contribution in [0.4, 0.5) is 0 Å². The molecule has 2 heterocycles. The van der Waals surface area contributed by atoms with E-state index in [2.05, 4.69) is 27.1 Å². The zero-order chi connectivity index (χ0) is 14.3. The molecule has 1 aromatic heterocycles. The molecule has 0 aliphatic carbocycles. The molecule has 104 valence electrons. The van der Waals surface area contributed by atoms with Gasteiger partial charge in [0.15, 0.2) is 5.69 Å². The topological polar surface area (TPSA) is 44.1 Å². The smallest absolute Gasteiger partial charge is 0.359 e. The number of carbonyl (C=O) groups excluding carboxylic acids is 1. The third-order valence-electron chi connectivity index (χ3n) is 3.20. The Morgan fingerprint density at radius 1 is 1.55 bits per heavy atom. The van der Waals surface area contributed by atoms with Crippen molar-refractivity contribution >= 4 is 33.7 Å². The minimum Gasteiger partial charge on any atom is -0.461 e. The number of hydrogen-bond acceptors (Lipinski definition) is 4. The zero-order valence-electron chi connectivity index (χ0n) is 11.1. The SMILES string of the molecule is CCOC(=O)c1nn(C)c2c1CSc1c(Br)cccc1-2. The van der Waals surface area contributed by atoms with E-state index in [-0.39, 0.29) is 5.97 Å². The highest BCUT2D eigenvalue weighted by molar-refractivity contribution is 9.10. The summed E-state index contributed by atoms with van der Waals surface area (Å²) in [5.41, 5.74) is 3.50. The second kappa shape index (κ2) is 5.26. The number of esters is 1. The Balaban J connectivity index is 2.17. The number of aryl methyl sites for hydroxylation is 1. The average molecular weight is 353 g/mol. The third-order valence-corrected chi connectivity index (χ3v) is 5.28. The summed E-state index contributed by atoms with van der Waals surface area (Å²) in [6.07, 6.45) is 0.